The fraction of sp³-hybridized carbons (Fsp3) is 0.0435. The molecule has 0 aliphatic heterocycles. The lowest BCUT2D eigenvalue weighted by atomic mass is 9.97. The summed E-state index contributed by atoms with van der Waals surface area (Å²) >= 11 is 0. The average molecular weight is 417 g/mol. The lowest BCUT2D eigenvalue weighted by Crippen LogP contribution is -2.11. The molecule has 31 heavy (non-hydrogen) atoms. The van der Waals surface area contributed by atoms with E-state index in [4.69, 9.17) is 11.5 Å². The summed E-state index contributed by atoms with van der Waals surface area (Å²) in [7, 11) is 0. The maximum absolute atomic E-state index is 14.2. The van der Waals surface area contributed by atoms with E-state index < -0.39 is 17.4 Å². The first kappa shape index (κ1) is 20.1. The molecule has 0 atom stereocenters. The zero-order valence-corrected chi connectivity index (χ0v) is 16.2. The van der Waals surface area contributed by atoms with Crippen LogP contribution in [-0.2, 0) is 6.42 Å². The van der Waals surface area contributed by atoms with Crippen LogP contribution in [0.4, 0.5) is 20.3 Å². The molecule has 0 spiro atoms. The number of nitrogens with two attached hydrogens (primary N) is 2. The summed E-state index contributed by atoms with van der Waals surface area (Å²) in [6.45, 7) is 0. The molecule has 4 N–H and O–H groups in total. The van der Waals surface area contributed by atoms with Crippen molar-refractivity contribution in [3.8, 4) is 22.4 Å². The number of aromatic nitrogens is 3. The number of ketones is 1. The molecule has 4 rings (SSSR count). The van der Waals surface area contributed by atoms with Crippen LogP contribution in [0.15, 0.2) is 67.1 Å². The molecule has 0 aliphatic rings. The number of pyridine rings is 3. The monoisotopic (exact) mass is 417 g/mol. The van der Waals surface area contributed by atoms with Crippen LogP contribution in [0.5, 0.6) is 0 Å². The van der Waals surface area contributed by atoms with Crippen LogP contribution >= 0.6 is 0 Å². The van der Waals surface area contributed by atoms with E-state index in [-0.39, 0.29) is 29.1 Å². The molecule has 0 bridgehead atoms. The maximum atomic E-state index is 14.2. The predicted molar refractivity (Wildman–Crippen MR) is 114 cm³/mol. The third-order valence-electron chi connectivity index (χ3n) is 4.76. The van der Waals surface area contributed by atoms with Crippen LogP contribution in [-0.4, -0.2) is 20.7 Å². The number of anilines is 2. The molecule has 8 heteroatoms. The van der Waals surface area contributed by atoms with Gasteiger partial charge in [-0.3, -0.25) is 9.78 Å². The fourth-order valence-corrected chi connectivity index (χ4v) is 3.30. The molecule has 0 unspecified atom stereocenters. The van der Waals surface area contributed by atoms with Crippen molar-refractivity contribution >= 4 is 17.3 Å². The highest BCUT2D eigenvalue weighted by Crippen LogP contribution is 2.28. The number of Topliss-reactive ketones (excluding diaryl/α,β-unsaturated/α-hetero) is 1. The number of hydrogen-bond donors (Lipinski definition) is 2. The van der Waals surface area contributed by atoms with Gasteiger partial charge in [-0.05, 0) is 59.2 Å². The van der Waals surface area contributed by atoms with E-state index in [2.05, 4.69) is 15.0 Å². The molecule has 154 valence electrons. The number of benzene rings is 1. The Hall–Kier alpha value is -4.20. The van der Waals surface area contributed by atoms with Gasteiger partial charge in [-0.2, -0.15) is 0 Å². The third-order valence-corrected chi connectivity index (χ3v) is 4.76. The second-order valence-electron chi connectivity index (χ2n) is 6.83. The first-order valence-corrected chi connectivity index (χ1v) is 9.33. The Morgan fingerprint density at radius 3 is 2.48 bits per heavy atom. The number of carbonyl (C=O) groups is 1. The van der Waals surface area contributed by atoms with Crippen molar-refractivity contribution < 1.29 is 13.6 Å². The average Bonchev–Trinajstić information content (AvgIpc) is 2.75. The number of carbonyl (C=O) groups excluding carboxylic acids is 1. The molecule has 0 amide bonds. The zero-order valence-electron chi connectivity index (χ0n) is 16.2. The summed E-state index contributed by atoms with van der Waals surface area (Å²) in [4.78, 5) is 25.3. The molecule has 0 fully saturated rings. The largest absolute Gasteiger partial charge is 0.397 e. The molecule has 0 aliphatic carbocycles. The van der Waals surface area contributed by atoms with Crippen molar-refractivity contribution in [2.45, 2.75) is 6.42 Å². The van der Waals surface area contributed by atoms with Gasteiger partial charge in [0, 0.05) is 25.0 Å². The second-order valence-corrected chi connectivity index (χ2v) is 6.83. The Labute approximate surface area is 176 Å². The van der Waals surface area contributed by atoms with Gasteiger partial charge < -0.3 is 11.5 Å². The highest BCUT2D eigenvalue weighted by atomic mass is 19.1. The quantitative estimate of drug-likeness (QED) is 0.474. The highest BCUT2D eigenvalue weighted by molar-refractivity contribution is 6.01. The Balaban J connectivity index is 1.71. The van der Waals surface area contributed by atoms with Gasteiger partial charge in [0.2, 0.25) is 0 Å². The summed E-state index contributed by atoms with van der Waals surface area (Å²) in [6.07, 6.45) is 4.68. The van der Waals surface area contributed by atoms with Gasteiger partial charge >= 0.3 is 0 Å². The van der Waals surface area contributed by atoms with Crippen molar-refractivity contribution in [3.63, 3.8) is 0 Å². The van der Waals surface area contributed by atoms with Crippen molar-refractivity contribution in [2.24, 2.45) is 0 Å². The topological polar surface area (TPSA) is 108 Å². The normalized spacial score (nSPS) is 10.8. The lowest BCUT2D eigenvalue weighted by molar-refractivity contribution is 0.0989. The summed E-state index contributed by atoms with van der Waals surface area (Å²) in [5.74, 6) is -1.62. The summed E-state index contributed by atoms with van der Waals surface area (Å²) in [6, 6.07) is 11.5. The smallest absolute Gasteiger partial charge is 0.187 e. The summed E-state index contributed by atoms with van der Waals surface area (Å²) in [5, 5.41) is 0. The Morgan fingerprint density at radius 1 is 0.968 bits per heavy atom. The minimum atomic E-state index is -0.777. The minimum absolute atomic E-state index is 0.0125. The summed E-state index contributed by atoms with van der Waals surface area (Å²) < 4.78 is 28.3. The van der Waals surface area contributed by atoms with Crippen LogP contribution in [0.1, 0.15) is 16.1 Å². The van der Waals surface area contributed by atoms with Gasteiger partial charge in [-0.25, -0.2) is 18.7 Å². The van der Waals surface area contributed by atoms with Crippen molar-refractivity contribution in [1.82, 2.24) is 15.0 Å². The van der Waals surface area contributed by atoms with Gasteiger partial charge in [0.25, 0.3) is 0 Å². The second kappa shape index (κ2) is 8.27. The molecule has 0 saturated heterocycles. The number of hydrogen-bond acceptors (Lipinski definition) is 6. The maximum Gasteiger partial charge on any atom is 0.187 e. The molecular weight excluding hydrogens is 400 g/mol. The number of rotatable bonds is 5. The van der Waals surface area contributed by atoms with E-state index >= 15 is 0 Å². The number of halogens is 2. The van der Waals surface area contributed by atoms with Crippen molar-refractivity contribution in [3.05, 3.63) is 90.0 Å². The van der Waals surface area contributed by atoms with Gasteiger partial charge in [0.15, 0.2) is 5.78 Å². The van der Waals surface area contributed by atoms with Gasteiger partial charge in [0.05, 0.1) is 16.9 Å². The van der Waals surface area contributed by atoms with E-state index in [1.165, 1.54) is 18.2 Å². The van der Waals surface area contributed by atoms with Gasteiger partial charge in [-0.15, -0.1) is 0 Å². The van der Waals surface area contributed by atoms with Crippen LogP contribution in [0, 0.1) is 11.6 Å². The van der Waals surface area contributed by atoms with E-state index in [9.17, 15) is 13.6 Å². The predicted octanol–water partition coefficient (Wildman–Crippen LogP) is 4.07. The first-order chi connectivity index (χ1) is 14.9. The zero-order chi connectivity index (χ0) is 22.0. The SMILES string of the molecule is Nc1cc(-c2ccncc2CC(=O)c2nc(-c3c(F)cccc3F)ccc2N)ccn1. The molecule has 1 aromatic carbocycles. The van der Waals surface area contributed by atoms with Crippen LogP contribution < -0.4 is 11.5 Å². The molecule has 0 radical (unpaired) electrons. The molecule has 0 saturated carbocycles. The Morgan fingerprint density at radius 2 is 1.74 bits per heavy atom. The van der Waals surface area contributed by atoms with Crippen molar-refractivity contribution in [2.75, 3.05) is 11.5 Å². The van der Waals surface area contributed by atoms with Crippen LogP contribution in [0.25, 0.3) is 22.4 Å². The lowest BCUT2D eigenvalue weighted by Gasteiger charge is -2.11. The molecule has 4 aromatic rings. The molecular formula is C23H17F2N5O. The Bertz CT molecular complexity index is 1270. The standard InChI is InChI=1S/C23H17F2N5O/c24-16-2-1-3-17(25)22(16)19-5-4-18(26)23(30-19)20(31)10-14-12-28-8-7-15(14)13-6-9-29-21(27)11-13/h1-9,11-12H,10,26H2,(H2,27,29). The Kier molecular flexibility index (Phi) is 5.36. The molecule has 3 aromatic heterocycles. The number of nitrogens with zero attached hydrogens (tertiary/aromatic N) is 3. The highest BCUT2D eigenvalue weighted by Gasteiger charge is 2.19. The fourth-order valence-electron chi connectivity index (χ4n) is 3.30. The molecule has 3 heterocycles. The van der Waals surface area contributed by atoms with E-state index in [0.29, 0.717) is 11.4 Å². The number of nitrogen functional groups attached to an aromatic ring is 2. The van der Waals surface area contributed by atoms with Gasteiger partial charge in [-0.1, -0.05) is 6.07 Å². The molecule has 6 nitrogen and oxygen atoms in total. The van der Waals surface area contributed by atoms with E-state index in [1.807, 2.05) is 0 Å². The first-order valence-electron chi connectivity index (χ1n) is 9.33. The van der Waals surface area contributed by atoms with Crippen LogP contribution in [0.2, 0.25) is 0 Å². The van der Waals surface area contributed by atoms with Crippen LogP contribution in [0.3, 0.4) is 0 Å². The summed E-state index contributed by atoms with van der Waals surface area (Å²) in [5.41, 5.74) is 13.6. The van der Waals surface area contributed by atoms with E-state index in [1.54, 1.807) is 36.8 Å². The third kappa shape index (κ3) is 4.09. The van der Waals surface area contributed by atoms with Crippen molar-refractivity contribution in [1.29, 1.82) is 0 Å². The van der Waals surface area contributed by atoms with Gasteiger partial charge in [0.1, 0.15) is 23.1 Å². The minimum Gasteiger partial charge on any atom is -0.397 e. The van der Waals surface area contributed by atoms with E-state index in [0.717, 1.165) is 23.3 Å².